The van der Waals surface area contributed by atoms with Crippen LogP contribution in [0, 0.1) is 12.8 Å². The molecule has 1 amide bonds. The molecule has 172 valence electrons. The summed E-state index contributed by atoms with van der Waals surface area (Å²) in [5, 5.41) is 3.78. The van der Waals surface area contributed by atoms with Gasteiger partial charge in [0, 0.05) is 48.2 Å². The first-order valence-corrected chi connectivity index (χ1v) is 11.3. The Hall–Kier alpha value is -3.39. The fourth-order valence-corrected chi connectivity index (χ4v) is 5.33. The lowest BCUT2D eigenvalue weighted by molar-refractivity contribution is -0.121. The number of fused-ring (bicyclic) bond motifs is 5. The van der Waals surface area contributed by atoms with Crippen molar-refractivity contribution in [2.45, 2.75) is 38.8 Å². The monoisotopic (exact) mass is 448 g/mol. The van der Waals surface area contributed by atoms with E-state index >= 15 is 0 Å². The highest BCUT2D eigenvalue weighted by Crippen LogP contribution is 2.36. The lowest BCUT2D eigenvalue weighted by Crippen LogP contribution is -2.52. The average Bonchev–Trinajstić information content (AvgIpc) is 3.16. The van der Waals surface area contributed by atoms with Crippen molar-refractivity contribution >= 4 is 28.5 Å². The van der Waals surface area contributed by atoms with E-state index in [0.717, 1.165) is 35.1 Å². The normalized spacial score (nSPS) is 20.8. The van der Waals surface area contributed by atoms with Crippen LogP contribution >= 0.6 is 0 Å². The summed E-state index contributed by atoms with van der Waals surface area (Å²) in [6.45, 7) is 6.01. The van der Waals surface area contributed by atoms with Gasteiger partial charge in [0.15, 0.2) is 0 Å². The Morgan fingerprint density at radius 1 is 1.18 bits per heavy atom. The molecule has 1 saturated heterocycles. The van der Waals surface area contributed by atoms with Crippen LogP contribution in [0.2, 0.25) is 0 Å². The van der Waals surface area contributed by atoms with Gasteiger partial charge in [0.05, 0.1) is 18.8 Å². The number of H-pyrrole nitrogens is 1. The van der Waals surface area contributed by atoms with Crippen molar-refractivity contribution < 1.29 is 14.3 Å². The van der Waals surface area contributed by atoms with Crippen LogP contribution in [0.1, 0.15) is 41.0 Å². The molecule has 8 heteroatoms. The van der Waals surface area contributed by atoms with Gasteiger partial charge in [-0.25, -0.2) is 4.79 Å². The number of aryl methyl sites for hydroxylation is 1. The summed E-state index contributed by atoms with van der Waals surface area (Å²) >= 11 is 0. The molecule has 8 nitrogen and oxygen atoms in total. The van der Waals surface area contributed by atoms with E-state index in [9.17, 15) is 14.4 Å². The van der Waals surface area contributed by atoms with Gasteiger partial charge >= 0.3 is 5.97 Å². The number of esters is 1. The van der Waals surface area contributed by atoms with Gasteiger partial charge in [-0.15, -0.1) is 0 Å². The molecule has 2 bridgehead atoms. The van der Waals surface area contributed by atoms with Crippen LogP contribution in [0.4, 0.5) is 5.69 Å². The molecule has 33 heavy (non-hydrogen) atoms. The van der Waals surface area contributed by atoms with E-state index in [-0.39, 0.29) is 23.1 Å². The number of aromatic nitrogens is 2. The van der Waals surface area contributed by atoms with Crippen molar-refractivity contribution in [3.05, 3.63) is 63.7 Å². The summed E-state index contributed by atoms with van der Waals surface area (Å²) in [7, 11) is 1.32. The molecule has 2 aromatic heterocycles. The first-order chi connectivity index (χ1) is 15.9. The van der Waals surface area contributed by atoms with Crippen LogP contribution in [-0.4, -0.2) is 52.6 Å². The minimum atomic E-state index is -0.527. The minimum Gasteiger partial charge on any atom is -0.464 e. The van der Waals surface area contributed by atoms with Crippen molar-refractivity contribution in [3.8, 4) is 0 Å². The van der Waals surface area contributed by atoms with E-state index in [1.54, 1.807) is 6.07 Å². The molecule has 3 aromatic rings. The predicted molar refractivity (Wildman–Crippen MR) is 126 cm³/mol. The number of nitrogens with one attached hydrogen (secondary N) is 2. The van der Waals surface area contributed by atoms with E-state index < -0.39 is 12.0 Å². The standard InChI is InChI=1S/C25H28N4O4/c1-14-7-8-19-18(9-14)22(23(26-19)25(32)33-3)27-24(31)15(2)28-11-16-10-17(13-28)20-5-4-6-21(30)29(20)12-16/h4-9,15-17,26H,10-13H2,1-3H3,(H,27,31)/t15-,16-,17-/m0/s1. The maximum absolute atomic E-state index is 13.3. The van der Waals surface area contributed by atoms with E-state index in [0.29, 0.717) is 24.7 Å². The zero-order valence-electron chi connectivity index (χ0n) is 19.1. The third-order valence-electron chi connectivity index (χ3n) is 7.03. The van der Waals surface area contributed by atoms with Gasteiger partial charge in [-0.2, -0.15) is 0 Å². The van der Waals surface area contributed by atoms with E-state index in [1.807, 2.05) is 48.7 Å². The highest BCUT2D eigenvalue weighted by molar-refractivity contribution is 6.11. The van der Waals surface area contributed by atoms with Crippen molar-refractivity contribution in [3.63, 3.8) is 0 Å². The van der Waals surface area contributed by atoms with Gasteiger partial charge in [-0.05, 0) is 44.4 Å². The summed E-state index contributed by atoms with van der Waals surface area (Å²) in [5.41, 5.74) is 3.58. The minimum absolute atomic E-state index is 0.0476. The third kappa shape index (κ3) is 3.74. The number of likely N-dealkylation sites (tertiary alicyclic amines) is 1. The van der Waals surface area contributed by atoms with Crippen LogP contribution in [0.25, 0.3) is 10.9 Å². The number of pyridine rings is 1. The molecular weight excluding hydrogens is 420 g/mol. The van der Waals surface area contributed by atoms with Crippen LogP contribution in [0.3, 0.4) is 0 Å². The number of hydrogen-bond donors (Lipinski definition) is 2. The molecule has 2 aliphatic rings. The van der Waals surface area contributed by atoms with Crippen molar-refractivity contribution in [1.29, 1.82) is 0 Å². The first-order valence-electron chi connectivity index (χ1n) is 11.3. The fourth-order valence-electron chi connectivity index (χ4n) is 5.33. The maximum Gasteiger partial charge on any atom is 0.356 e. The zero-order valence-corrected chi connectivity index (χ0v) is 19.1. The van der Waals surface area contributed by atoms with Gasteiger partial charge in [-0.3, -0.25) is 14.5 Å². The number of methoxy groups -OCH3 is 1. The van der Waals surface area contributed by atoms with E-state index in [2.05, 4.69) is 15.2 Å². The Morgan fingerprint density at radius 2 is 2.00 bits per heavy atom. The molecule has 2 N–H and O–H groups in total. The summed E-state index contributed by atoms with van der Waals surface area (Å²) in [6, 6.07) is 10.8. The number of carbonyl (C=O) groups excluding carboxylic acids is 2. The number of aromatic amines is 1. The molecule has 0 unspecified atom stereocenters. The number of piperidine rings is 1. The molecule has 0 radical (unpaired) electrons. The smallest absolute Gasteiger partial charge is 0.356 e. The van der Waals surface area contributed by atoms with E-state index in [1.165, 1.54) is 7.11 Å². The topological polar surface area (TPSA) is 96.4 Å². The molecule has 0 spiro atoms. The number of rotatable bonds is 4. The van der Waals surface area contributed by atoms with Gasteiger partial charge in [0.1, 0.15) is 5.69 Å². The van der Waals surface area contributed by atoms with Crippen LogP contribution in [-0.2, 0) is 16.1 Å². The number of carbonyl (C=O) groups is 2. The molecule has 1 fully saturated rings. The summed E-state index contributed by atoms with van der Waals surface area (Å²) in [5.74, 6) is -0.148. The van der Waals surface area contributed by atoms with Gasteiger partial charge in [0.2, 0.25) is 5.91 Å². The Morgan fingerprint density at radius 3 is 2.79 bits per heavy atom. The molecular formula is C25H28N4O4. The molecule has 2 aliphatic heterocycles. The molecule has 5 rings (SSSR count). The molecule has 0 aliphatic carbocycles. The van der Waals surface area contributed by atoms with Crippen LogP contribution < -0.4 is 10.9 Å². The quantitative estimate of drug-likeness (QED) is 0.599. The molecule has 4 heterocycles. The number of benzene rings is 1. The van der Waals surface area contributed by atoms with Crippen LogP contribution in [0.5, 0.6) is 0 Å². The average molecular weight is 449 g/mol. The second-order valence-corrected chi connectivity index (χ2v) is 9.23. The van der Waals surface area contributed by atoms with Crippen LogP contribution in [0.15, 0.2) is 41.2 Å². The lowest BCUT2D eigenvalue weighted by atomic mass is 9.82. The SMILES string of the molecule is COC(=O)c1[nH]c2ccc(C)cc2c1NC(=O)[C@H](C)N1C[C@@H]2C[C@@H](C1)c1cccc(=O)n1C2. The first kappa shape index (κ1) is 21.5. The highest BCUT2D eigenvalue weighted by Gasteiger charge is 2.37. The summed E-state index contributed by atoms with van der Waals surface area (Å²) in [4.78, 5) is 43.3. The number of ether oxygens (including phenoxy) is 1. The maximum atomic E-state index is 13.3. The lowest BCUT2D eigenvalue weighted by Gasteiger charge is -2.44. The van der Waals surface area contributed by atoms with Crippen molar-refractivity contribution in [1.82, 2.24) is 14.5 Å². The van der Waals surface area contributed by atoms with Crippen molar-refractivity contribution in [2.24, 2.45) is 5.92 Å². The van der Waals surface area contributed by atoms with E-state index in [4.69, 9.17) is 4.74 Å². The molecule has 3 atom stereocenters. The Balaban J connectivity index is 1.40. The largest absolute Gasteiger partial charge is 0.464 e. The van der Waals surface area contributed by atoms with Gasteiger partial charge < -0.3 is 19.6 Å². The number of amides is 1. The second kappa shape index (κ2) is 8.19. The van der Waals surface area contributed by atoms with Gasteiger partial charge in [-0.1, -0.05) is 17.7 Å². The fraction of sp³-hybridized carbons (Fsp3) is 0.400. The molecule has 0 saturated carbocycles. The van der Waals surface area contributed by atoms with Crippen molar-refractivity contribution in [2.75, 3.05) is 25.5 Å². The number of anilines is 1. The van der Waals surface area contributed by atoms with Gasteiger partial charge in [0.25, 0.3) is 5.56 Å². The molecule has 1 aromatic carbocycles. The Kier molecular flexibility index (Phi) is 5.32. The summed E-state index contributed by atoms with van der Waals surface area (Å²) < 4.78 is 6.82. The Bertz CT molecular complexity index is 1310. The predicted octanol–water partition coefficient (Wildman–Crippen LogP) is 2.87. The summed E-state index contributed by atoms with van der Waals surface area (Å²) in [6.07, 6.45) is 1.03. The second-order valence-electron chi connectivity index (χ2n) is 9.23. The Labute approximate surface area is 191 Å². The zero-order chi connectivity index (χ0) is 23.3. The third-order valence-corrected chi connectivity index (χ3v) is 7.03. The number of hydrogen-bond acceptors (Lipinski definition) is 5. The number of nitrogens with zero attached hydrogens (tertiary/aromatic N) is 2. The highest BCUT2D eigenvalue weighted by atomic mass is 16.5.